The summed E-state index contributed by atoms with van der Waals surface area (Å²) in [6, 6.07) is 10.2. The number of hydrogen-bond donors (Lipinski definition) is 0. The van der Waals surface area contributed by atoms with Gasteiger partial charge in [-0.1, -0.05) is 23.4 Å². The Morgan fingerprint density at radius 1 is 1.24 bits per heavy atom. The highest BCUT2D eigenvalue weighted by molar-refractivity contribution is 5.91. The van der Waals surface area contributed by atoms with E-state index in [0.29, 0.717) is 12.5 Å². The molecule has 1 aliphatic rings. The van der Waals surface area contributed by atoms with Crippen molar-refractivity contribution < 1.29 is 4.52 Å². The predicted molar refractivity (Wildman–Crippen MR) is 80.1 cm³/mol. The Bertz CT molecular complexity index is 773. The lowest BCUT2D eigenvalue weighted by Gasteiger charge is -2.18. The van der Waals surface area contributed by atoms with E-state index in [0.717, 1.165) is 28.3 Å². The van der Waals surface area contributed by atoms with Gasteiger partial charge in [-0.15, -0.1) is 0 Å². The Balaban J connectivity index is 1.61. The van der Waals surface area contributed by atoms with Gasteiger partial charge in [0.15, 0.2) is 5.82 Å². The lowest BCUT2D eigenvalue weighted by molar-refractivity contribution is 0.374. The maximum Gasteiger partial charge on any atom is 0.229 e. The molecule has 106 valence electrons. The zero-order valence-electron chi connectivity index (χ0n) is 11.9. The van der Waals surface area contributed by atoms with E-state index in [1.54, 1.807) is 0 Å². The van der Waals surface area contributed by atoms with E-state index in [2.05, 4.69) is 26.1 Å². The summed E-state index contributed by atoms with van der Waals surface area (Å²) in [5, 5.41) is 5.21. The molecule has 4 rings (SSSR count). The fourth-order valence-electron chi connectivity index (χ4n) is 2.54. The number of aromatic nitrogens is 3. The van der Waals surface area contributed by atoms with Crippen LogP contribution >= 0.6 is 0 Å². The first-order valence-corrected chi connectivity index (χ1v) is 7.18. The topological polar surface area (TPSA) is 55.1 Å². The van der Waals surface area contributed by atoms with Crippen molar-refractivity contribution in [1.29, 1.82) is 0 Å². The first-order chi connectivity index (χ1) is 10.3. The number of anilines is 1. The second-order valence-corrected chi connectivity index (χ2v) is 5.53. The Morgan fingerprint density at radius 2 is 2.10 bits per heavy atom. The highest BCUT2D eigenvalue weighted by Gasteiger charge is 2.29. The molecule has 1 fully saturated rings. The van der Waals surface area contributed by atoms with Crippen molar-refractivity contribution in [3.05, 3.63) is 48.2 Å². The molecule has 0 atom stereocenters. The van der Waals surface area contributed by atoms with Crippen LogP contribution in [0.2, 0.25) is 0 Å². The van der Waals surface area contributed by atoms with Gasteiger partial charge in [0.1, 0.15) is 0 Å². The molecule has 0 bridgehead atoms. The summed E-state index contributed by atoms with van der Waals surface area (Å²) in [7, 11) is 2.04. The smallest absolute Gasteiger partial charge is 0.229 e. The first-order valence-electron chi connectivity index (χ1n) is 7.18. The van der Waals surface area contributed by atoms with Crippen LogP contribution in [0.25, 0.3) is 10.9 Å². The number of pyridine rings is 1. The minimum atomic E-state index is 0.498. The number of hydrogen-bond acceptors (Lipinski definition) is 5. The van der Waals surface area contributed by atoms with Gasteiger partial charge in [0.05, 0.1) is 12.1 Å². The molecular formula is C16H16N4O. The van der Waals surface area contributed by atoms with Crippen LogP contribution in [0.3, 0.4) is 0 Å². The van der Waals surface area contributed by atoms with Gasteiger partial charge in [-0.25, -0.2) is 0 Å². The van der Waals surface area contributed by atoms with E-state index in [4.69, 9.17) is 4.52 Å². The van der Waals surface area contributed by atoms with Gasteiger partial charge < -0.3 is 9.42 Å². The second kappa shape index (κ2) is 4.84. The van der Waals surface area contributed by atoms with Crippen LogP contribution in [-0.4, -0.2) is 22.2 Å². The molecule has 1 aliphatic carbocycles. The zero-order valence-corrected chi connectivity index (χ0v) is 11.9. The summed E-state index contributed by atoms with van der Waals surface area (Å²) < 4.78 is 5.31. The van der Waals surface area contributed by atoms with Crippen LogP contribution in [0, 0.1) is 0 Å². The fourth-order valence-corrected chi connectivity index (χ4v) is 2.54. The van der Waals surface area contributed by atoms with Crippen LogP contribution in [0.5, 0.6) is 0 Å². The van der Waals surface area contributed by atoms with Gasteiger partial charge in [-0.05, 0) is 25.0 Å². The standard InChI is InChI=1S/C16H16N4O/c1-20(10-15-18-16(21-19-15)11-6-7-11)14-8-9-17-13-5-3-2-4-12(13)14/h2-5,8-9,11H,6-7,10H2,1H3. The average molecular weight is 280 g/mol. The molecule has 2 heterocycles. The van der Waals surface area contributed by atoms with Crippen molar-refractivity contribution in [1.82, 2.24) is 15.1 Å². The first kappa shape index (κ1) is 12.3. The third-order valence-corrected chi connectivity index (χ3v) is 3.83. The number of fused-ring (bicyclic) bond motifs is 1. The molecular weight excluding hydrogens is 264 g/mol. The SMILES string of the molecule is CN(Cc1noc(C2CC2)n1)c1ccnc2ccccc12. The van der Waals surface area contributed by atoms with Crippen molar-refractivity contribution >= 4 is 16.6 Å². The van der Waals surface area contributed by atoms with Crippen molar-refractivity contribution in [2.24, 2.45) is 0 Å². The van der Waals surface area contributed by atoms with Gasteiger partial charge in [0, 0.05) is 30.2 Å². The molecule has 0 spiro atoms. The van der Waals surface area contributed by atoms with E-state index in [1.165, 1.54) is 12.8 Å². The summed E-state index contributed by atoms with van der Waals surface area (Å²) in [5.41, 5.74) is 2.12. The quantitative estimate of drug-likeness (QED) is 0.735. The Labute approximate surface area is 122 Å². The monoisotopic (exact) mass is 280 g/mol. The predicted octanol–water partition coefficient (Wildman–Crippen LogP) is 3.13. The molecule has 0 radical (unpaired) electrons. The fraction of sp³-hybridized carbons (Fsp3) is 0.312. The molecule has 0 amide bonds. The summed E-state index contributed by atoms with van der Waals surface area (Å²) >= 11 is 0. The number of nitrogens with zero attached hydrogens (tertiary/aromatic N) is 4. The van der Waals surface area contributed by atoms with Crippen LogP contribution in [0.4, 0.5) is 5.69 Å². The van der Waals surface area contributed by atoms with Gasteiger partial charge >= 0.3 is 0 Å². The zero-order chi connectivity index (χ0) is 14.2. The van der Waals surface area contributed by atoms with Crippen molar-refractivity contribution in [2.75, 3.05) is 11.9 Å². The summed E-state index contributed by atoms with van der Waals surface area (Å²) in [6.45, 7) is 0.629. The minimum absolute atomic E-state index is 0.498. The van der Waals surface area contributed by atoms with Gasteiger partial charge in [0.25, 0.3) is 0 Å². The van der Waals surface area contributed by atoms with E-state index >= 15 is 0 Å². The molecule has 0 saturated heterocycles. The Hall–Kier alpha value is -2.43. The molecule has 1 aromatic carbocycles. The third-order valence-electron chi connectivity index (χ3n) is 3.83. The van der Waals surface area contributed by atoms with Crippen LogP contribution in [0.15, 0.2) is 41.1 Å². The number of rotatable bonds is 4. The van der Waals surface area contributed by atoms with Crippen LogP contribution in [0.1, 0.15) is 30.5 Å². The van der Waals surface area contributed by atoms with Crippen LogP contribution in [-0.2, 0) is 6.54 Å². The third kappa shape index (κ3) is 2.35. The average Bonchev–Trinajstić information content (AvgIpc) is 3.27. The van der Waals surface area contributed by atoms with Gasteiger partial charge in [-0.2, -0.15) is 4.98 Å². The van der Waals surface area contributed by atoms with E-state index in [1.807, 2.05) is 37.5 Å². The van der Waals surface area contributed by atoms with Gasteiger partial charge in [0.2, 0.25) is 5.89 Å². The molecule has 0 N–H and O–H groups in total. The second-order valence-electron chi connectivity index (χ2n) is 5.53. The van der Waals surface area contributed by atoms with E-state index < -0.39 is 0 Å². The van der Waals surface area contributed by atoms with Crippen molar-refractivity contribution in [3.8, 4) is 0 Å². The molecule has 1 saturated carbocycles. The highest BCUT2D eigenvalue weighted by Crippen LogP contribution is 2.38. The lowest BCUT2D eigenvalue weighted by Crippen LogP contribution is -2.17. The molecule has 5 heteroatoms. The van der Waals surface area contributed by atoms with Crippen LogP contribution < -0.4 is 4.90 Å². The van der Waals surface area contributed by atoms with E-state index in [-0.39, 0.29) is 0 Å². The maximum atomic E-state index is 5.31. The van der Waals surface area contributed by atoms with Crippen molar-refractivity contribution in [3.63, 3.8) is 0 Å². The summed E-state index contributed by atoms with van der Waals surface area (Å²) in [5.74, 6) is 2.02. The summed E-state index contributed by atoms with van der Waals surface area (Å²) in [4.78, 5) is 11.0. The minimum Gasteiger partial charge on any atom is -0.366 e. The summed E-state index contributed by atoms with van der Waals surface area (Å²) in [6.07, 6.45) is 4.18. The molecule has 0 unspecified atom stereocenters. The maximum absolute atomic E-state index is 5.31. The normalized spacial score (nSPS) is 14.5. The Kier molecular flexibility index (Phi) is 2.84. The number of para-hydroxylation sites is 1. The largest absolute Gasteiger partial charge is 0.366 e. The molecule has 5 nitrogen and oxygen atoms in total. The van der Waals surface area contributed by atoms with Crippen molar-refractivity contribution in [2.45, 2.75) is 25.3 Å². The van der Waals surface area contributed by atoms with Gasteiger partial charge in [-0.3, -0.25) is 4.98 Å². The highest BCUT2D eigenvalue weighted by atomic mass is 16.5. The lowest BCUT2D eigenvalue weighted by atomic mass is 10.2. The molecule has 0 aliphatic heterocycles. The Morgan fingerprint density at radius 3 is 2.95 bits per heavy atom. The molecule has 2 aromatic heterocycles. The molecule has 21 heavy (non-hydrogen) atoms. The molecule has 3 aromatic rings. The number of benzene rings is 1. The van der Waals surface area contributed by atoms with E-state index in [9.17, 15) is 0 Å².